The number of rotatable bonds is 2. The maximum absolute atomic E-state index is 12.6. The molecule has 0 spiro atoms. The molecule has 2 N–H and O–H groups in total. The van der Waals surface area contributed by atoms with Gasteiger partial charge in [-0.1, -0.05) is 13.8 Å². The van der Waals surface area contributed by atoms with Gasteiger partial charge in [-0.3, -0.25) is 14.9 Å². The average molecular weight is 292 g/mol. The lowest BCUT2D eigenvalue weighted by atomic mass is 9.85. The molecule has 1 aromatic rings. The Morgan fingerprint density at radius 2 is 2.14 bits per heavy atom. The lowest BCUT2D eigenvalue weighted by Crippen LogP contribution is -2.33. The van der Waals surface area contributed by atoms with E-state index in [1.54, 1.807) is 4.90 Å². The Kier molecular flexibility index (Phi) is 4.11. The van der Waals surface area contributed by atoms with Crippen molar-refractivity contribution in [3.63, 3.8) is 0 Å². The predicted octanol–water partition coefficient (Wildman–Crippen LogP) is 2.22. The molecule has 0 radical (unpaired) electrons. The Bertz CT molecular complexity index is 571. The molecule has 21 heavy (non-hydrogen) atoms. The number of nitrogens with zero attached hydrogens (tertiary/aromatic N) is 3. The van der Waals surface area contributed by atoms with E-state index >= 15 is 0 Å². The number of carbonyl (C=O) groups excluding carboxylic acids is 1. The first-order chi connectivity index (χ1) is 9.80. The second-order valence-corrected chi connectivity index (χ2v) is 6.19. The van der Waals surface area contributed by atoms with Gasteiger partial charge in [0.2, 0.25) is 0 Å². The van der Waals surface area contributed by atoms with Crippen molar-refractivity contribution in [1.29, 1.82) is 0 Å². The summed E-state index contributed by atoms with van der Waals surface area (Å²) in [5.74, 6) is -0.229. The zero-order valence-electron chi connectivity index (χ0n) is 12.3. The summed E-state index contributed by atoms with van der Waals surface area (Å²) in [7, 11) is 0. The first kappa shape index (κ1) is 15.2. The van der Waals surface area contributed by atoms with Crippen molar-refractivity contribution in [3.8, 4) is 0 Å². The van der Waals surface area contributed by atoms with Gasteiger partial charge in [-0.15, -0.1) is 0 Å². The van der Waals surface area contributed by atoms with Crippen molar-refractivity contribution in [2.24, 2.45) is 5.41 Å². The highest BCUT2D eigenvalue weighted by molar-refractivity contribution is 5.98. The Morgan fingerprint density at radius 3 is 2.81 bits per heavy atom. The van der Waals surface area contributed by atoms with E-state index in [0.29, 0.717) is 13.1 Å². The number of carbonyl (C=O) groups is 1. The van der Waals surface area contributed by atoms with E-state index in [2.05, 4.69) is 18.8 Å². The number of aromatic nitrogens is 1. The number of likely N-dealkylation sites (tertiary alicyclic amines) is 1. The van der Waals surface area contributed by atoms with Crippen LogP contribution in [0.5, 0.6) is 0 Å². The van der Waals surface area contributed by atoms with Crippen LogP contribution in [0.2, 0.25) is 0 Å². The summed E-state index contributed by atoms with van der Waals surface area (Å²) in [6.45, 7) is 5.56. The highest BCUT2D eigenvalue weighted by atomic mass is 16.6. The molecule has 0 saturated carbocycles. The summed E-state index contributed by atoms with van der Waals surface area (Å²) >= 11 is 0. The van der Waals surface area contributed by atoms with Gasteiger partial charge in [0.25, 0.3) is 11.6 Å². The van der Waals surface area contributed by atoms with E-state index in [1.165, 1.54) is 6.07 Å². The maximum Gasteiger partial charge on any atom is 0.300 e. The van der Waals surface area contributed by atoms with Gasteiger partial charge in [0, 0.05) is 13.1 Å². The van der Waals surface area contributed by atoms with Crippen LogP contribution >= 0.6 is 0 Å². The van der Waals surface area contributed by atoms with E-state index in [4.69, 9.17) is 5.73 Å². The third kappa shape index (κ3) is 3.48. The van der Waals surface area contributed by atoms with Crippen molar-refractivity contribution in [2.45, 2.75) is 33.1 Å². The monoisotopic (exact) mass is 292 g/mol. The van der Waals surface area contributed by atoms with E-state index in [-0.39, 0.29) is 28.4 Å². The quantitative estimate of drug-likeness (QED) is 0.665. The SMILES string of the molecule is CC1(C)CCCN(C(=O)c2cc(N)ncc2[N+](=O)[O-])CC1. The highest BCUT2D eigenvalue weighted by Crippen LogP contribution is 2.31. The molecule has 2 heterocycles. The van der Waals surface area contributed by atoms with Crippen LogP contribution in [0.15, 0.2) is 12.3 Å². The van der Waals surface area contributed by atoms with Crippen LogP contribution in [0, 0.1) is 15.5 Å². The molecule has 7 heteroatoms. The van der Waals surface area contributed by atoms with Crippen LogP contribution in [0.4, 0.5) is 11.5 Å². The van der Waals surface area contributed by atoms with Crippen molar-refractivity contribution >= 4 is 17.4 Å². The van der Waals surface area contributed by atoms with Gasteiger partial charge in [0.05, 0.1) is 4.92 Å². The van der Waals surface area contributed by atoms with E-state index in [0.717, 1.165) is 25.5 Å². The Labute approximate surface area is 123 Å². The molecule has 1 aliphatic rings. The van der Waals surface area contributed by atoms with Crippen LogP contribution in [-0.4, -0.2) is 33.8 Å². The third-order valence-electron chi connectivity index (χ3n) is 3.96. The molecule has 1 aromatic heterocycles. The fourth-order valence-corrected chi connectivity index (χ4v) is 2.58. The van der Waals surface area contributed by atoms with Gasteiger partial charge in [-0.05, 0) is 30.7 Å². The minimum absolute atomic E-state index is 0.0206. The normalized spacial score (nSPS) is 18.1. The summed E-state index contributed by atoms with van der Waals surface area (Å²) in [4.78, 5) is 28.4. The first-order valence-electron chi connectivity index (χ1n) is 6.99. The number of anilines is 1. The summed E-state index contributed by atoms with van der Waals surface area (Å²) in [5, 5.41) is 11.0. The van der Waals surface area contributed by atoms with Crippen LogP contribution < -0.4 is 5.73 Å². The van der Waals surface area contributed by atoms with Gasteiger partial charge < -0.3 is 10.6 Å². The molecule has 2 rings (SSSR count). The largest absolute Gasteiger partial charge is 0.384 e. The number of nitrogen functional groups attached to an aromatic ring is 1. The highest BCUT2D eigenvalue weighted by Gasteiger charge is 2.29. The van der Waals surface area contributed by atoms with Crippen molar-refractivity contribution < 1.29 is 9.72 Å². The summed E-state index contributed by atoms with van der Waals surface area (Å²) in [6.07, 6.45) is 3.86. The van der Waals surface area contributed by atoms with E-state index in [9.17, 15) is 14.9 Å². The molecule has 7 nitrogen and oxygen atoms in total. The zero-order chi connectivity index (χ0) is 15.6. The molecule has 1 aliphatic heterocycles. The van der Waals surface area contributed by atoms with Crippen LogP contribution in [0.3, 0.4) is 0 Å². The Morgan fingerprint density at radius 1 is 1.43 bits per heavy atom. The van der Waals surface area contributed by atoms with Gasteiger partial charge in [-0.25, -0.2) is 4.98 Å². The number of amides is 1. The van der Waals surface area contributed by atoms with Crippen LogP contribution in [0.1, 0.15) is 43.5 Å². The number of hydrogen-bond acceptors (Lipinski definition) is 5. The van der Waals surface area contributed by atoms with Crippen molar-refractivity contribution in [3.05, 3.63) is 27.9 Å². The molecule has 0 atom stereocenters. The van der Waals surface area contributed by atoms with E-state index < -0.39 is 4.92 Å². The van der Waals surface area contributed by atoms with Gasteiger partial charge in [-0.2, -0.15) is 0 Å². The fraction of sp³-hybridized carbons (Fsp3) is 0.571. The minimum Gasteiger partial charge on any atom is -0.384 e. The van der Waals surface area contributed by atoms with Gasteiger partial charge >= 0.3 is 0 Å². The molecule has 114 valence electrons. The molecule has 0 aromatic carbocycles. The number of nitro groups is 1. The summed E-state index contributed by atoms with van der Waals surface area (Å²) in [6, 6.07) is 1.29. The van der Waals surface area contributed by atoms with Crippen molar-refractivity contribution in [1.82, 2.24) is 9.88 Å². The Hall–Kier alpha value is -2.18. The lowest BCUT2D eigenvalue weighted by molar-refractivity contribution is -0.385. The topological polar surface area (TPSA) is 102 Å². The molecule has 1 saturated heterocycles. The molecule has 0 aliphatic carbocycles. The molecule has 0 bridgehead atoms. The van der Waals surface area contributed by atoms with Gasteiger partial charge in [0.1, 0.15) is 17.6 Å². The molecule has 1 amide bonds. The minimum atomic E-state index is -0.596. The van der Waals surface area contributed by atoms with Crippen LogP contribution in [-0.2, 0) is 0 Å². The Balaban J connectivity index is 2.27. The standard InChI is InChI=1S/C14H20N4O3/c1-14(2)4-3-6-17(7-5-14)13(19)10-8-12(15)16-9-11(10)18(20)21/h8-9H,3-7H2,1-2H3,(H2,15,16). The van der Waals surface area contributed by atoms with Gasteiger partial charge in [0.15, 0.2) is 0 Å². The number of nitrogens with two attached hydrogens (primary N) is 1. The number of hydrogen-bond donors (Lipinski definition) is 1. The van der Waals surface area contributed by atoms with Crippen LogP contribution in [0.25, 0.3) is 0 Å². The summed E-state index contributed by atoms with van der Waals surface area (Å²) in [5.41, 5.74) is 5.48. The molecular formula is C14H20N4O3. The van der Waals surface area contributed by atoms with E-state index in [1.807, 2.05) is 0 Å². The summed E-state index contributed by atoms with van der Waals surface area (Å²) < 4.78 is 0. The molecular weight excluding hydrogens is 272 g/mol. The predicted molar refractivity (Wildman–Crippen MR) is 78.8 cm³/mol. The average Bonchev–Trinajstić information content (AvgIpc) is 2.58. The zero-order valence-corrected chi connectivity index (χ0v) is 12.3. The molecule has 1 fully saturated rings. The van der Waals surface area contributed by atoms with Crippen molar-refractivity contribution in [2.75, 3.05) is 18.8 Å². The first-order valence-corrected chi connectivity index (χ1v) is 6.99. The maximum atomic E-state index is 12.6. The number of pyridine rings is 1. The second kappa shape index (κ2) is 5.67. The second-order valence-electron chi connectivity index (χ2n) is 6.19. The lowest BCUT2D eigenvalue weighted by Gasteiger charge is -2.23. The smallest absolute Gasteiger partial charge is 0.300 e. The fourth-order valence-electron chi connectivity index (χ4n) is 2.58. The molecule has 0 unspecified atom stereocenters. The third-order valence-corrected chi connectivity index (χ3v) is 3.96.